The van der Waals surface area contributed by atoms with Crippen molar-refractivity contribution in [3.05, 3.63) is 35.6 Å². The summed E-state index contributed by atoms with van der Waals surface area (Å²) in [5.41, 5.74) is 2.21. The highest BCUT2D eigenvalue weighted by Crippen LogP contribution is 2.65. The molecule has 2 aliphatic rings. The molecule has 3 nitrogen and oxygen atoms in total. The zero-order chi connectivity index (χ0) is 16.4. The monoisotopic (exact) mass is 311 g/mol. The van der Waals surface area contributed by atoms with E-state index < -0.39 is 0 Å². The van der Waals surface area contributed by atoms with E-state index >= 15 is 0 Å². The molecule has 1 aromatic carbocycles. The second kappa shape index (κ2) is 4.62. The maximum Gasteiger partial charge on any atom is 0.287 e. The molecule has 3 heteroatoms. The molecular formula is C20H25NO2. The molecule has 0 aliphatic heterocycles. The largest absolute Gasteiger partial charge is 0.451 e. The summed E-state index contributed by atoms with van der Waals surface area (Å²) in [5.74, 6) is 1.12. The van der Waals surface area contributed by atoms with E-state index in [1.807, 2.05) is 31.2 Å². The second-order valence-electron chi connectivity index (χ2n) is 8.19. The van der Waals surface area contributed by atoms with Crippen molar-refractivity contribution in [3.8, 4) is 0 Å². The highest BCUT2D eigenvalue weighted by atomic mass is 16.3. The maximum absolute atomic E-state index is 12.8. The third-order valence-corrected chi connectivity index (χ3v) is 7.15. The fourth-order valence-corrected chi connectivity index (χ4v) is 5.04. The van der Waals surface area contributed by atoms with Crippen LogP contribution in [0.15, 0.2) is 28.7 Å². The van der Waals surface area contributed by atoms with Gasteiger partial charge >= 0.3 is 0 Å². The number of para-hydroxylation sites is 1. The number of amides is 1. The molecule has 2 bridgehead atoms. The number of hydrogen-bond acceptors (Lipinski definition) is 2. The highest BCUT2D eigenvalue weighted by molar-refractivity contribution is 5.99. The number of hydrogen-bond donors (Lipinski definition) is 1. The van der Waals surface area contributed by atoms with Crippen LogP contribution in [0.3, 0.4) is 0 Å². The lowest BCUT2D eigenvalue weighted by atomic mass is 9.69. The molecule has 1 N–H and O–H groups in total. The van der Waals surface area contributed by atoms with E-state index in [2.05, 4.69) is 26.1 Å². The van der Waals surface area contributed by atoms with Gasteiger partial charge in [0.25, 0.3) is 5.91 Å². The first-order chi connectivity index (χ1) is 10.8. The molecule has 2 fully saturated rings. The molecule has 3 atom stereocenters. The molecule has 1 amide bonds. The van der Waals surface area contributed by atoms with Crippen LogP contribution in [0.1, 0.15) is 56.2 Å². The molecule has 2 aliphatic carbocycles. The summed E-state index contributed by atoms with van der Waals surface area (Å²) < 4.78 is 5.82. The van der Waals surface area contributed by atoms with Crippen LogP contribution in [0, 0.1) is 23.7 Å². The Kier molecular flexibility index (Phi) is 2.97. The molecule has 0 radical (unpaired) electrons. The molecule has 23 heavy (non-hydrogen) atoms. The van der Waals surface area contributed by atoms with Crippen LogP contribution in [0.25, 0.3) is 11.0 Å². The van der Waals surface area contributed by atoms with E-state index in [-0.39, 0.29) is 17.4 Å². The van der Waals surface area contributed by atoms with Crippen LogP contribution in [-0.2, 0) is 0 Å². The molecule has 2 aromatic rings. The number of fused-ring (bicyclic) bond motifs is 3. The van der Waals surface area contributed by atoms with Gasteiger partial charge in [-0.2, -0.15) is 0 Å². The van der Waals surface area contributed by atoms with Crippen molar-refractivity contribution in [2.24, 2.45) is 16.7 Å². The van der Waals surface area contributed by atoms with Crippen LogP contribution in [0.2, 0.25) is 0 Å². The summed E-state index contributed by atoms with van der Waals surface area (Å²) in [4.78, 5) is 12.8. The van der Waals surface area contributed by atoms with Gasteiger partial charge in [-0.15, -0.1) is 0 Å². The third-order valence-electron chi connectivity index (χ3n) is 7.15. The van der Waals surface area contributed by atoms with Crippen LogP contribution in [0.5, 0.6) is 0 Å². The normalized spacial score (nSPS) is 31.7. The Labute approximate surface area is 137 Å². The Morgan fingerprint density at radius 1 is 1.26 bits per heavy atom. The van der Waals surface area contributed by atoms with Crippen LogP contribution >= 0.6 is 0 Å². The minimum absolute atomic E-state index is 0.0618. The van der Waals surface area contributed by atoms with E-state index in [9.17, 15) is 4.79 Å². The minimum Gasteiger partial charge on any atom is -0.451 e. The Hall–Kier alpha value is -1.77. The van der Waals surface area contributed by atoms with E-state index in [4.69, 9.17) is 4.42 Å². The molecule has 4 rings (SSSR count). The summed E-state index contributed by atoms with van der Waals surface area (Å²) >= 11 is 0. The number of carbonyl (C=O) groups excluding carboxylic acids is 1. The predicted molar refractivity (Wildman–Crippen MR) is 91.4 cm³/mol. The van der Waals surface area contributed by atoms with E-state index in [1.54, 1.807) is 0 Å². The third kappa shape index (κ3) is 1.85. The topological polar surface area (TPSA) is 42.2 Å². The van der Waals surface area contributed by atoms with Crippen molar-refractivity contribution in [2.75, 3.05) is 0 Å². The lowest BCUT2D eigenvalue weighted by Gasteiger charge is -2.39. The van der Waals surface area contributed by atoms with Gasteiger partial charge in [0.15, 0.2) is 5.76 Å². The first-order valence-electron chi connectivity index (χ1n) is 8.63. The Bertz CT molecular complexity index is 788. The number of furan rings is 1. The van der Waals surface area contributed by atoms with E-state index in [0.717, 1.165) is 28.9 Å². The van der Waals surface area contributed by atoms with Gasteiger partial charge in [0.2, 0.25) is 0 Å². The van der Waals surface area contributed by atoms with Crippen molar-refractivity contribution in [1.82, 2.24) is 5.32 Å². The summed E-state index contributed by atoms with van der Waals surface area (Å²) in [6.07, 6.45) is 3.59. The SMILES string of the molecule is Cc1c(C(=O)N[C@@H]2C[C@H]3CC[C@]2(C)C3(C)C)oc2ccccc12. The molecule has 1 aromatic heterocycles. The van der Waals surface area contributed by atoms with Gasteiger partial charge in [0.1, 0.15) is 5.58 Å². The van der Waals surface area contributed by atoms with Crippen molar-refractivity contribution in [1.29, 1.82) is 0 Å². The van der Waals surface area contributed by atoms with Gasteiger partial charge in [-0.05, 0) is 49.0 Å². The Balaban J connectivity index is 1.62. The molecule has 0 spiro atoms. The summed E-state index contributed by atoms with van der Waals surface area (Å²) in [7, 11) is 0. The smallest absolute Gasteiger partial charge is 0.287 e. The van der Waals surface area contributed by atoms with Crippen molar-refractivity contribution in [2.45, 2.75) is 53.0 Å². The Morgan fingerprint density at radius 3 is 2.61 bits per heavy atom. The highest BCUT2D eigenvalue weighted by Gasteiger charge is 2.61. The van der Waals surface area contributed by atoms with E-state index in [1.165, 1.54) is 12.8 Å². The number of nitrogens with one attached hydrogen (secondary N) is 1. The fraction of sp³-hybridized carbons (Fsp3) is 0.550. The zero-order valence-corrected chi connectivity index (χ0v) is 14.4. The standard InChI is InChI=1S/C20H25NO2/c1-12-14-7-5-6-8-15(14)23-17(12)18(22)21-16-11-13-9-10-20(16,4)19(13,2)3/h5-8,13,16H,9-11H2,1-4H3,(H,21,22)/t13-,16-,20+/m1/s1. The predicted octanol–water partition coefficient (Wildman–Crippen LogP) is 4.69. The van der Waals surface area contributed by atoms with E-state index in [0.29, 0.717) is 11.2 Å². The van der Waals surface area contributed by atoms with Crippen LogP contribution < -0.4 is 5.32 Å². The van der Waals surface area contributed by atoms with Crippen molar-refractivity contribution in [3.63, 3.8) is 0 Å². The van der Waals surface area contributed by atoms with Gasteiger partial charge < -0.3 is 9.73 Å². The van der Waals surface area contributed by atoms with Crippen LogP contribution in [0.4, 0.5) is 0 Å². The lowest BCUT2D eigenvalue weighted by Crippen LogP contribution is -2.46. The molecule has 0 saturated heterocycles. The van der Waals surface area contributed by atoms with Gasteiger partial charge in [-0.1, -0.05) is 39.0 Å². The fourth-order valence-electron chi connectivity index (χ4n) is 5.04. The number of benzene rings is 1. The molecule has 2 saturated carbocycles. The number of aryl methyl sites for hydroxylation is 1. The first kappa shape index (κ1) is 14.8. The van der Waals surface area contributed by atoms with Gasteiger partial charge in [-0.25, -0.2) is 0 Å². The lowest BCUT2D eigenvalue weighted by molar-refractivity contribution is 0.0802. The summed E-state index contributed by atoms with van der Waals surface area (Å²) in [5, 5.41) is 4.32. The number of rotatable bonds is 2. The Morgan fingerprint density at radius 2 is 2.00 bits per heavy atom. The average Bonchev–Trinajstić information content (AvgIpc) is 3.03. The molecule has 122 valence electrons. The number of carbonyl (C=O) groups is 1. The molecular weight excluding hydrogens is 286 g/mol. The quantitative estimate of drug-likeness (QED) is 0.874. The molecule has 1 heterocycles. The van der Waals surface area contributed by atoms with Crippen LogP contribution in [-0.4, -0.2) is 11.9 Å². The first-order valence-corrected chi connectivity index (χ1v) is 8.63. The summed E-state index contributed by atoms with van der Waals surface area (Å²) in [6, 6.07) is 8.09. The average molecular weight is 311 g/mol. The summed E-state index contributed by atoms with van der Waals surface area (Å²) in [6.45, 7) is 9.04. The zero-order valence-electron chi connectivity index (χ0n) is 14.4. The maximum atomic E-state index is 12.8. The second-order valence-corrected chi connectivity index (χ2v) is 8.19. The van der Waals surface area contributed by atoms with Crippen molar-refractivity contribution >= 4 is 16.9 Å². The minimum atomic E-state index is -0.0618. The molecule has 0 unspecified atom stereocenters. The van der Waals surface area contributed by atoms with Gasteiger partial charge in [-0.3, -0.25) is 4.79 Å². The van der Waals surface area contributed by atoms with Gasteiger partial charge in [0.05, 0.1) is 0 Å². The van der Waals surface area contributed by atoms with Gasteiger partial charge in [0, 0.05) is 17.0 Å². The van der Waals surface area contributed by atoms with Crippen molar-refractivity contribution < 1.29 is 9.21 Å².